The Kier molecular flexibility index (Phi) is 5.31. The number of amidine groups is 1. The van der Waals surface area contributed by atoms with Crippen molar-refractivity contribution < 1.29 is 9.49 Å². The molecule has 0 atom stereocenters. The summed E-state index contributed by atoms with van der Waals surface area (Å²) < 4.78 is 4.13. The van der Waals surface area contributed by atoms with Crippen LogP contribution in [-0.2, 0) is 13.6 Å². The number of aromatic nitrogens is 2. The van der Waals surface area contributed by atoms with E-state index in [0.717, 1.165) is 37.6 Å². The molecule has 26 heavy (non-hydrogen) atoms. The van der Waals surface area contributed by atoms with Gasteiger partial charge in [0.05, 0.1) is 32.0 Å². The van der Waals surface area contributed by atoms with E-state index in [1.165, 1.54) is 0 Å². The first-order valence-corrected chi connectivity index (χ1v) is 8.49. The van der Waals surface area contributed by atoms with Crippen molar-refractivity contribution in [3.05, 3.63) is 65.5 Å². The van der Waals surface area contributed by atoms with Gasteiger partial charge in [0.25, 0.3) is 11.5 Å². The van der Waals surface area contributed by atoms with E-state index in [0.29, 0.717) is 0 Å². The minimum absolute atomic E-state index is 0.107. The van der Waals surface area contributed by atoms with Gasteiger partial charge >= 0.3 is 0 Å². The first-order chi connectivity index (χ1) is 12.5. The second kappa shape index (κ2) is 7.81. The van der Waals surface area contributed by atoms with E-state index in [-0.39, 0.29) is 10.6 Å². The van der Waals surface area contributed by atoms with E-state index in [2.05, 4.69) is 14.5 Å². The van der Waals surface area contributed by atoms with Gasteiger partial charge in [-0.25, -0.2) is 14.0 Å². The van der Waals surface area contributed by atoms with Crippen LogP contribution in [0, 0.1) is 10.1 Å². The zero-order chi connectivity index (χ0) is 18.5. The van der Waals surface area contributed by atoms with E-state index in [1.54, 1.807) is 18.3 Å². The van der Waals surface area contributed by atoms with Crippen molar-refractivity contribution in [1.82, 2.24) is 14.5 Å². The number of imidazole rings is 1. The quantitative estimate of drug-likeness (QED) is 0.406. The lowest BCUT2D eigenvalue weighted by atomic mass is 10.2. The van der Waals surface area contributed by atoms with Crippen molar-refractivity contribution in [3.63, 3.8) is 0 Å². The largest absolute Gasteiger partial charge is 0.367 e. The number of rotatable bonds is 8. The van der Waals surface area contributed by atoms with E-state index >= 15 is 0 Å². The fraction of sp³-hybridized carbons (Fsp3) is 0.333. The maximum Gasteiger partial charge on any atom is 0.300 e. The minimum atomic E-state index is -0.373. The molecule has 1 aromatic heterocycles. The number of benzene rings is 1. The van der Waals surface area contributed by atoms with Crippen LogP contribution in [0.1, 0.15) is 6.42 Å². The highest BCUT2D eigenvalue weighted by Crippen LogP contribution is 2.19. The normalized spacial score (nSPS) is 13.2. The molecular formula is C18H23N6O2+2. The molecule has 1 aliphatic rings. The van der Waals surface area contributed by atoms with Gasteiger partial charge in [0.15, 0.2) is 6.20 Å². The highest BCUT2D eigenvalue weighted by atomic mass is 16.6. The molecule has 0 saturated heterocycles. The number of aryl methyl sites for hydroxylation is 1. The summed E-state index contributed by atoms with van der Waals surface area (Å²) in [5.74, 6) is 1.02. The number of hydrogen-bond donors (Lipinski definition) is 0. The van der Waals surface area contributed by atoms with Gasteiger partial charge in [0, 0.05) is 24.4 Å². The van der Waals surface area contributed by atoms with Gasteiger partial charge in [-0.2, -0.15) is 0 Å². The predicted molar refractivity (Wildman–Crippen MR) is 99.6 cm³/mol. The molecule has 0 saturated carbocycles. The molecule has 8 nitrogen and oxygen atoms in total. The molecule has 1 aromatic carbocycles. The molecule has 1 aliphatic heterocycles. The molecule has 1 radical (unpaired) electrons. The van der Waals surface area contributed by atoms with Crippen LogP contribution in [-0.4, -0.2) is 40.4 Å². The van der Waals surface area contributed by atoms with E-state index in [1.807, 2.05) is 60.6 Å². The second-order valence-electron chi connectivity index (χ2n) is 6.28. The molecule has 0 aliphatic carbocycles. The monoisotopic (exact) mass is 355 g/mol. The molecule has 2 heterocycles. The number of anilines is 1. The van der Waals surface area contributed by atoms with Gasteiger partial charge in [0.2, 0.25) is 6.33 Å². The van der Waals surface area contributed by atoms with Gasteiger partial charge in [-0.1, -0.05) is 4.99 Å². The average molecular weight is 355 g/mol. The molecule has 0 fully saturated rings. The molecule has 2 aromatic rings. The maximum atomic E-state index is 10.9. The van der Waals surface area contributed by atoms with Crippen LogP contribution >= 0.6 is 0 Å². The van der Waals surface area contributed by atoms with Crippen LogP contribution in [0.5, 0.6) is 0 Å². The Labute approximate surface area is 152 Å². The van der Waals surface area contributed by atoms with Crippen molar-refractivity contribution in [2.24, 2.45) is 7.05 Å². The molecule has 0 unspecified atom stereocenters. The number of aliphatic imine (C=N–C) groups is 1. The molecule has 8 heteroatoms. The van der Waals surface area contributed by atoms with Gasteiger partial charge in [-0.3, -0.25) is 10.1 Å². The Bertz CT molecular complexity index is 824. The maximum absolute atomic E-state index is 10.9. The fourth-order valence-electron chi connectivity index (χ4n) is 2.90. The standard InChI is InChI=1S/C18H23N6O2/c1-20-11-12-22(15-20)13-14-23(9-7-18-19-8-10-21(18)2)16-3-5-17(6-4-16)24(25)26/h3-6,8,10-12,15H,7,9,13-14H2,1-2H3/q+2. The van der Waals surface area contributed by atoms with Crippen LogP contribution in [0.3, 0.4) is 0 Å². The first-order valence-electron chi connectivity index (χ1n) is 8.49. The van der Waals surface area contributed by atoms with Gasteiger partial charge < -0.3 is 4.90 Å². The molecule has 0 amide bonds. The van der Waals surface area contributed by atoms with Gasteiger partial charge in [-0.05, 0) is 12.1 Å². The Morgan fingerprint density at radius 1 is 1.23 bits per heavy atom. The summed E-state index contributed by atoms with van der Waals surface area (Å²) >= 11 is 0. The molecule has 3 rings (SSSR count). The van der Waals surface area contributed by atoms with Crippen molar-refractivity contribution in [3.8, 4) is 0 Å². The molecule has 0 spiro atoms. The zero-order valence-corrected chi connectivity index (χ0v) is 15.0. The second-order valence-corrected chi connectivity index (χ2v) is 6.28. The third kappa shape index (κ3) is 4.27. The highest BCUT2D eigenvalue weighted by Gasteiger charge is 2.21. The van der Waals surface area contributed by atoms with Crippen molar-refractivity contribution in [1.29, 1.82) is 0 Å². The summed E-state index contributed by atoms with van der Waals surface area (Å²) in [6, 6.07) is 6.73. The first kappa shape index (κ1) is 17.7. The summed E-state index contributed by atoms with van der Waals surface area (Å²) in [6.45, 7) is 2.42. The number of nitro groups is 1. The van der Waals surface area contributed by atoms with Crippen molar-refractivity contribution in [2.45, 2.75) is 13.0 Å². The third-order valence-electron chi connectivity index (χ3n) is 4.40. The van der Waals surface area contributed by atoms with Gasteiger partial charge in [0.1, 0.15) is 25.1 Å². The average Bonchev–Trinajstić information content (AvgIpc) is 3.23. The molecule has 135 valence electrons. The minimum Gasteiger partial charge on any atom is -0.367 e. The predicted octanol–water partition coefficient (Wildman–Crippen LogP) is 1.27. The molecule has 0 bridgehead atoms. The van der Waals surface area contributed by atoms with E-state index in [9.17, 15) is 10.1 Å². The van der Waals surface area contributed by atoms with Crippen molar-refractivity contribution >= 4 is 17.2 Å². The van der Waals surface area contributed by atoms with E-state index < -0.39 is 0 Å². The summed E-state index contributed by atoms with van der Waals surface area (Å²) in [4.78, 5) is 19.1. The van der Waals surface area contributed by atoms with Crippen LogP contribution in [0.25, 0.3) is 0 Å². The highest BCUT2D eigenvalue weighted by molar-refractivity contribution is 5.84. The Morgan fingerprint density at radius 2 is 2.00 bits per heavy atom. The summed E-state index contributed by atoms with van der Waals surface area (Å²) in [6.07, 6.45) is 10.6. The number of hydrogen-bond acceptors (Lipinski definition) is 5. The molecule has 0 N–H and O–H groups in total. The van der Waals surface area contributed by atoms with Gasteiger partial charge in [-0.15, -0.1) is 0 Å². The SMILES string of the molecule is CN1C=C[N+]=C1CCN(CC[n+]1ccn(C)c1)c1ccc([N+](=O)[O-])cc1. The lowest BCUT2D eigenvalue weighted by Crippen LogP contribution is -2.40. The summed E-state index contributed by atoms with van der Waals surface area (Å²) in [5.41, 5.74) is 1.08. The molecular weight excluding hydrogens is 332 g/mol. The summed E-state index contributed by atoms with van der Waals surface area (Å²) in [5, 5.41) is 10.9. The van der Waals surface area contributed by atoms with Crippen LogP contribution < -0.4 is 14.5 Å². The number of nitrogens with zero attached hydrogens (tertiary/aromatic N) is 6. The Morgan fingerprint density at radius 3 is 2.58 bits per heavy atom. The lowest BCUT2D eigenvalue weighted by molar-refractivity contribution is -0.693. The van der Waals surface area contributed by atoms with Crippen LogP contribution in [0.15, 0.2) is 55.4 Å². The van der Waals surface area contributed by atoms with Crippen LogP contribution in [0.4, 0.5) is 11.4 Å². The Hall–Kier alpha value is -3.16. The van der Waals surface area contributed by atoms with Crippen LogP contribution in [0.2, 0.25) is 0 Å². The Balaban J connectivity index is 1.70. The van der Waals surface area contributed by atoms with Crippen molar-refractivity contribution in [2.75, 3.05) is 25.0 Å². The number of non-ortho nitro benzene ring substituents is 1. The topological polar surface area (TPSA) is 72.5 Å². The zero-order valence-electron chi connectivity index (χ0n) is 15.0. The third-order valence-corrected chi connectivity index (χ3v) is 4.40. The van der Waals surface area contributed by atoms with E-state index in [4.69, 9.17) is 0 Å². The number of nitro benzene ring substituents is 1. The fourth-order valence-corrected chi connectivity index (χ4v) is 2.90. The lowest BCUT2D eigenvalue weighted by Gasteiger charge is -2.23. The summed E-state index contributed by atoms with van der Waals surface area (Å²) in [7, 11) is 3.98. The smallest absolute Gasteiger partial charge is 0.300 e.